The predicted molar refractivity (Wildman–Crippen MR) is 89.4 cm³/mol. The molecule has 0 spiro atoms. The van der Waals surface area contributed by atoms with Crippen molar-refractivity contribution in [2.75, 3.05) is 19.1 Å². The fourth-order valence-corrected chi connectivity index (χ4v) is 3.21. The Hall–Kier alpha value is -1.49. The number of fused-ring (bicyclic) bond motifs is 1. The number of benzene rings is 1. The van der Waals surface area contributed by atoms with Gasteiger partial charge in [-0.25, -0.2) is 4.79 Å². The van der Waals surface area contributed by atoms with Gasteiger partial charge in [0.05, 0.1) is 7.11 Å². The largest absolute Gasteiger partial charge is 0.467 e. The van der Waals surface area contributed by atoms with E-state index in [9.17, 15) is 9.59 Å². The fraction of sp³-hybridized carbons (Fsp3) is 0.529. The van der Waals surface area contributed by atoms with Crippen LogP contribution >= 0.6 is 11.8 Å². The molecule has 2 rings (SSSR count). The van der Waals surface area contributed by atoms with E-state index in [1.807, 2.05) is 24.5 Å². The number of ether oxygens (including phenoxy) is 1. The van der Waals surface area contributed by atoms with Crippen LogP contribution in [0, 0.1) is 0 Å². The Morgan fingerprint density at radius 2 is 2.00 bits per heavy atom. The number of carbonyl (C=O) groups excluding carboxylic acids is 2. The van der Waals surface area contributed by atoms with E-state index >= 15 is 0 Å². The van der Waals surface area contributed by atoms with Crippen molar-refractivity contribution in [1.82, 2.24) is 5.32 Å². The van der Waals surface area contributed by atoms with Crippen LogP contribution in [0.1, 0.15) is 40.7 Å². The highest BCUT2D eigenvalue weighted by Crippen LogP contribution is 2.22. The molecule has 0 aromatic heterocycles. The lowest BCUT2D eigenvalue weighted by Gasteiger charge is -2.18. The number of methoxy groups -OCH3 is 1. The van der Waals surface area contributed by atoms with Crippen LogP contribution in [0.2, 0.25) is 0 Å². The average Bonchev–Trinajstić information content (AvgIpc) is 2.57. The van der Waals surface area contributed by atoms with Crippen LogP contribution in [-0.4, -0.2) is 37.0 Å². The van der Waals surface area contributed by atoms with Gasteiger partial charge >= 0.3 is 5.97 Å². The van der Waals surface area contributed by atoms with Crippen molar-refractivity contribution in [3.05, 3.63) is 34.9 Å². The Kier molecular flexibility index (Phi) is 6.31. The van der Waals surface area contributed by atoms with Gasteiger partial charge in [-0.05, 0) is 67.4 Å². The number of carbonyl (C=O) groups is 2. The second-order valence-corrected chi connectivity index (χ2v) is 6.51. The van der Waals surface area contributed by atoms with E-state index in [1.165, 1.54) is 31.1 Å². The molecule has 0 saturated heterocycles. The molecule has 0 radical (unpaired) electrons. The lowest BCUT2D eigenvalue weighted by molar-refractivity contribution is -0.142. The molecule has 4 nitrogen and oxygen atoms in total. The maximum absolute atomic E-state index is 12.4. The van der Waals surface area contributed by atoms with E-state index in [0.29, 0.717) is 12.0 Å². The molecule has 0 fully saturated rings. The second-order valence-electron chi connectivity index (χ2n) is 5.52. The van der Waals surface area contributed by atoms with Crippen LogP contribution in [-0.2, 0) is 22.4 Å². The van der Waals surface area contributed by atoms with Crippen LogP contribution in [0.3, 0.4) is 0 Å². The number of esters is 1. The van der Waals surface area contributed by atoms with Crippen LogP contribution in [0.4, 0.5) is 0 Å². The summed E-state index contributed by atoms with van der Waals surface area (Å²) in [6, 6.07) is 5.27. The normalized spacial score (nSPS) is 14.8. The lowest BCUT2D eigenvalue weighted by Crippen LogP contribution is -2.42. The summed E-state index contributed by atoms with van der Waals surface area (Å²) in [4.78, 5) is 24.2. The first kappa shape index (κ1) is 16.9. The standard InChI is InChI=1S/C17H23NO3S/c1-21-17(20)15(9-10-22-2)18-16(19)14-8-7-12-5-3-4-6-13(12)11-14/h7-8,11,15H,3-6,9-10H2,1-2H3,(H,18,19)/t15-/m1/s1. The summed E-state index contributed by atoms with van der Waals surface area (Å²) in [6.07, 6.45) is 7.07. The van der Waals surface area contributed by atoms with Crippen molar-refractivity contribution in [1.29, 1.82) is 0 Å². The van der Waals surface area contributed by atoms with Gasteiger partial charge in [0.15, 0.2) is 0 Å². The zero-order valence-electron chi connectivity index (χ0n) is 13.2. The minimum Gasteiger partial charge on any atom is -0.467 e. The summed E-state index contributed by atoms with van der Waals surface area (Å²) >= 11 is 1.64. The number of hydrogen-bond donors (Lipinski definition) is 1. The third-order valence-electron chi connectivity index (χ3n) is 4.01. The molecule has 0 unspecified atom stereocenters. The van der Waals surface area contributed by atoms with Crippen LogP contribution in [0.15, 0.2) is 18.2 Å². The Balaban J connectivity index is 2.07. The highest BCUT2D eigenvalue weighted by Gasteiger charge is 2.22. The first-order valence-electron chi connectivity index (χ1n) is 7.65. The predicted octanol–water partition coefficient (Wildman–Crippen LogP) is 2.59. The number of amides is 1. The zero-order valence-corrected chi connectivity index (χ0v) is 14.0. The highest BCUT2D eigenvalue weighted by molar-refractivity contribution is 7.98. The Morgan fingerprint density at radius 1 is 1.27 bits per heavy atom. The summed E-state index contributed by atoms with van der Waals surface area (Å²) < 4.78 is 4.77. The summed E-state index contributed by atoms with van der Waals surface area (Å²) in [7, 11) is 1.35. The zero-order chi connectivity index (χ0) is 15.9. The van der Waals surface area contributed by atoms with Gasteiger partial charge in [0.2, 0.25) is 0 Å². The minimum absolute atomic E-state index is 0.204. The van der Waals surface area contributed by atoms with Crippen molar-refractivity contribution in [2.45, 2.75) is 38.1 Å². The van der Waals surface area contributed by atoms with Crippen molar-refractivity contribution in [2.24, 2.45) is 0 Å². The number of aryl methyl sites for hydroxylation is 2. The Morgan fingerprint density at radius 3 is 2.68 bits per heavy atom. The average molecular weight is 321 g/mol. The molecule has 1 aliphatic rings. The van der Waals surface area contributed by atoms with Crippen molar-refractivity contribution >= 4 is 23.6 Å². The van der Waals surface area contributed by atoms with E-state index in [-0.39, 0.29) is 11.9 Å². The fourth-order valence-electron chi connectivity index (χ4n) is 2.74. The maximum atomic E-state index is 12.4. The van der Waals surface area contributed by atoms with Gasteiger partial charge in [0.1, 0.15) is 6.04 Å². The smallest absolute Gasteiger partial charge is 0.328 e. The number of nitrogens with one attached hydrogen (secondary N) is 1. The van der Waals surface area contributed by atoms with E-state index in [2.05, 4.69) is 5.32 Å². The molecular formula is C17H23NO3S. The molecule has 0 heterocycles. The van der Waals surface area contributed by atoms with Gasteiger partial charge < -0.3 is 10.1 Å². The molecule has 1 N–H and O–H groups in total. The molecular weight excluding hydrogens is 298 g/mol. The molecule has 0 aliphatic heterocycles. The van der Waals surface area contributed by atoms with Gasteiger partial charge in [-0.1, -0.05) is 6.07 Å². The van der Waals surface area contributed by atoms with Gasteiger partial charge in [0.25, 0.3) is 5.91 Å². The van der Waals surface area contributed by atoms with E-state index < -0.39 is 6.04 Å². The lowest BCUT2D eigenvalue weighted by atomic mass is 9.90. The van der Waals surface area contributed by atoms with Crippen LogP contribution < -0.4 is 5.32 Å². The quantitative estimate of drug-likeness (QED) is 0.818. The molecule has 0 bridgehead atoms. The molecule has 1 aromatic carbocycles. The molecule has 1 aromatic rings. The monoisotopic (exact) mass is 321 g/mol. The maximum Gasteiger partial charge on any atom is 0.328 e. The Bertz CT molecular complexity index is 545. The van der Waals surface area contributed by atoms with Crippen LogP contribution in [0.5, 0.6) is 0 Å². The third kappa shape index (κ3) is 4.26. The van der Waals surface area contributed by atoms with Gasteiger partial charge in [0, 0.05) is 5.56 Å². The van der Waals surface area contributed by atoms with E-state index in [0.717, 1.165) is 18.6 Å². The highest BCUT2D eigenvalue weighted by atomic mass is 32.2. The first-order valence-corrected chi connectivity index (χ1v) is 9.04. The summed E-state index contributed by atoms with van der Waals surface area (Å²) in [5.74, 6) is 0.203. The molecule has 22 heavy (non-hydrogen) atoms. The van der Waals surface area contributed by atoms with Gasteiger partial charge in [-0.2, -0.15) is 11.8 Å². The molecule has 120 valence electrons. The molecule has 1 atom stereocenters. The molecule has 1 aliphatic carbocycles. The van der Waals surface area contributed by atoms with Crippen molar-refractivity contribution < 1.29 is 14.3 Å². The van der Waals surface area contributed by atoms with Crippen LogP contribution in [0.25, 0.3) is 0 Å². The number of thioether (sulfide) groups is 1. The van der Waals surface area contributed by atoms with Crippen molar-refractivity contribution in [3.63, 3.8) is 0 Å². The first-order chi connectivity index (χ1) is 10.7. The van der Waals surface area contributed by atoms with Gasteiger partial charge in [-0.3, -0.25) is 4.79 Å². The second kappa shape index (κ2) is 8.22. The van der Waals surface area contributed by atoms with E-state index in [4.69, 9.17) is 4.74 Å². The molecule has 5 heteroatoms. The SMILES string of the molecule is COC(=O)[C@@H](CCSC)NC(=O)c1ccc2c(c1)CCCC2. The minimum atomic E-state index is -0.582. The van der Waals surface area contributed by atoms with E-state index in [1.54, 1.807) is 11.8 Å². The molecule has 1 amide bonds. The van der Waals surface area contributed by atoms with Crippen molar-refractivity contribution in [3.8, 4) is 0 Å². The molecule has 0 saturated carbocycles. The van der Waals surface area contributed by atoms with Gasteiger partial charge in [-0.15, -0.1) is 0 Å². The Labute approximate surface area is 136 Å². The number of rotatable bonds is 6. The summed E-state index contributed by atoms with van der Waals surface area (Å²) in [5, 5.41) is 2.80. The summed E-state index contributed by atoms with van der Waals surface area (Å²) in [5.41, 5.74) is 3.23. The third-order valence-corrected chi connectivity index (χ3v) is 4.66. The topological polar surface area (TPSA) is 55.4 Å². The number of hydrogen-bond acceptors (Lipinski definition) is 4. The summed E-state index contributed by atoms with van der Waals surface area (Å²) in [6.45, 7) is 0.